The molecule has 0 atom stereocenters. The molecule has 0 saturated heterocycles. The van der Waals surface area contributed by atoms with Crippen molar-refractivity contribution >= 4 is 46.4 Å². The molecule has 0 unspecified atom stereocenters. The number of rotatable bonds is 6. The summed E-state index contributed by atoms with van der Waals surface area (Å²) in [6.45, 7) is 3.72. The maximum absolute atomic E-state index is 12.3. The van der Waals surface area contributed by atoms with Crippen molar-refractivity contribution < 1.29 is 14.3 Å². The van der Waals surface area contributed by atoms with Gasteiger partial charge in [0.2, 0.25) is 11.8 Å². The first kappa shape index (κ1) is 19.1. The molecule has 1 N–H and O–H groups in total. The molecule has 132 valence electrons. The fourth-order valence-electron chi connectivity index (χ4n) is 2.24. The van der Waals surface area contributed by atoms with Crippen LogP contribution in [0.25, 0.3) is 0 Å². The van der Waals surface area contributed by atoms with E-state index in [0.717, 1.165) is 0 Å². The zero-order valence-electron chi connectivity index (χ0n) is 13.9. The smallest absolute Gasteiger partial charge is 0.244 e. The number of carbonyl (C=O) groups is 2. The van der Waals surface area contributed by atoms with E-state index < -0.39 is 0 Å². The predicted octanol–water partition coefficient (Wildman–Crippen LogP) is 4.38. The van der Waals surface area contributed by atoms with Crippen LogP contribution in [-0.2, 0) is 9.59 Å². The van der Waals surface area contributed by atoms with E-state index in [-0.39, 0.29) is 18.4 Å². The molecular weight excluding hydrogens is 363 g/mol. The van der Waals surface area contributed by atoms with Gasteiger partial charge in [0.05, 0.1) is 6.61 Å². The molecule has 0 saturated carbocycles. The molecule has 0 radical (unpaired) electrons. The van der Waals surface area contributed by atoms with E-state index in [0.29, 0.717) is 33.8 Å². The molecule has 2 aromatic rings. The van der Waals surface area contributed by atoms with Crippen LogP contribution >= 0.6 is 23.2 Å². The van der Waals surface area contributed by atoms with E-state index in [9.17, 15) is 9.59 Å². The van der Waals surface area contributed by atoms with E-state index >= 15 is 0 Å². The summed E-state index contributed by atoms with van der Waals surface area (Å²) in [6, 6.07) is 11.7. The lowest BCUT2D eigenvalue weighted by Gasteiger charge is -2.21. The zero-order valence-corrected chi connectivity index (χ0v) is 15.4. The van der Waals surface area contributed by atoms with Crippen LogP contribution in [0.2, 0.25) is 10.0 Å². The van der Waals surface area contributed by atoms with E-state index in [1.54, 1.807) is 42.5 Å². The number of halogens is 2. The first-order valence-corrected chi connectivity index (χ1v) is 8.41. The van der Waals surface area contributed by atoms with Gasteiger partial charge in [-0.3, -0.25) is 9.59 Å². The predicted molar refractivity (Wildman–Crippen MR) is 101 cm³/mol. The summed E-state index contributed by atoms with van der Waals surface area (Å²) in [4.78, 5) is 25.6. The monoisotopic (exact) mass is 380 g/mol. The second-order valence-corrected chi connectivity index (χ2v) is 6.11. The first-order valence-electron chi connectivity index (χ1n) is 7.66. The van der Waals surface area contributed by atoms with Crippen molar-refractivity contribution in [2.24, 2.45) is 0 Å². The van der Waals surface area contributed by atoms with Crippen LogP contribution in [0, 0.1) is 0 Å². The molecule has 2 amide bonds. The van der Waals surface area contributed by atoms with Crippen molar-refractivity contribution in [1.82, 2.24) is 0 Å². The fourth-order valence-corrected chi connectivity index (χ4v) is 2.77. The third kappa shape index (κ3) is 5.66. The topological polar surface area (TPSA) is 58.6 Å². The molecular formula is C18H18Cl2N2O3. The summed E-state index contributed by atoms with van der Waals surface area (Å²) in [7, 11) is 0. The van der Waals surface area contributed by atoms with Gasteiger partial charge in [0.25, 0.3) is 0 Å². The summed E-state index contributed by atoms with van der Waals surface area (Å²) >= 11 is 11.8. The lowest BCUT2D eigenvalue weighted by atomic mass is 10.2. The van der Waals surface area contributed by atoms with Crippen LogP contribution in [0.4, 0.5) is 11.4 Å². The summed E-state index contributed by atoms with van der Waals surface area (Å²) in [5.41, 5.74) is 1.08. The molecule has 2 rings (SSSR count). The van der Waals surface area contributed by atoms with Crippen LogP contribution < -0.4 is 15.0 Å². The highest BCUT2D eigenvalue weighted by Gasteiger charge is 2.16. The lowest BCUT2D eigenvalue weighted by molar-refractivity contribution is -0.120. The number of hydrogen-bond donors (Lipinski definition) is 1. The van der Waals surface area contributed by atoms with Gasteiger partial charge in [-0.2, -0.15) is 0 Å². The van der Waals surface area contributed by atoms with Crippen LogP contribution in [-0.4, -0.2) is 25.0 Å². The normalized spacial score (nSPS) is 10.2. The quantitative estimate of drug-likeness (QED) is 0.808. The summed E-state index contributed by atoms with van der Waals surface area (Å²) in [5, 5.41) is 3.51. The third-order valence-electron chi connectivity index (χ3n) is 3.29. The molecule has 0 aliphatic heterocycles. The Morgan fingerprint density at radius 2 is 1.68 bits per heavy atom. The molecule has 0 aliphatic carbocycles. The maximum Gasteiger partial charge on any atom is 0.244 e. The maximum atomic E-state index is 12.3. The molecule has 0 aromatic heterocycles. The van der Waals surface area contributed by atoms with Crippen molar-refractivity contribution in [3.05, 3.63) is 52.5 Å². The van der Waals surface area contributed by atoms with Gasteiger partial charge in [-0.15, -0.1) is 0 Å². The molecule has 0 fully saturated rings. The van der Waals surface area contributed by atoms with E-state index in [4.69, 9.17) is 27.9 Å². The van der Waals surface area contributed by atoms with E-state index in [1.165, 1.54) is 11.8 Å². The van der Waals surface area contributed by atoms with Gasteiger partial charge in [0, 0.05) is 28.3 Å². The molecule has 0 spiro atoms. The minimum absolute atomic E-state index is 0.132. The Bertz CT molecular complexity index is 743. The number of anilines is 2. The molecule has 2 aromatic carbocycles. The minimum Gasteiger partial charge on any atom is -0.494 e. The van der Waals surface area contributed by atoms with E-state index in [1.807, 2.05) is 6.92 Å². The van der Waals surface area contributed by atoms with Gasteiger partial charge in [-0.25, -0.2) is 0 Å². The molecule has 5 nitrogen and oxygen atoms in total. The molecule has 25 heavy (non-hydrogen) atoms. The number of carbonyl (C=O) groups excluding carboxylic acids is 2. The average Bonchev–Trinajstić information content (AvgIpc) is 2.52. The largest absolute Gasteiger partial charge is 0.494 e. The van der Waals surface area contributed by atoms with Crippen molar-refractivity contribution in [2.45, 2.75) is 13.8 Å². The molecule has 0 aliphatic rings. The molecule has 7 heteroatoms. The van der Waals surface area contributed by atoms with E-state index in [2.05, 4.69) is 5.32 Å². The number of hydrogen-bond acceptors (Lipinski definition) is 3. The van der Waals surface area contributed by atoms with Gasteiger partial charge in [0.1, 0.15) is 12.3 Å². The highest BCUT2D eigenvalue weighted by atomic mass is 35.5. The average molecular weight is 381 g/mol. The van der Waals surface area contributed by atoms with Gasteiger partial charge < -0.3 is 15.0 Å². The Kier molecular flexibility index (Phi) is 6.67. The standard InChI is InChI=1S/C18H18Cl2N2O3/c1-3-25-17-6-4-16(5-7-17)22(12(2)23)11-18(24)21-15-9-13(19)8-14(20)10-15/h4-10H,3,11H2,1-2H3,(H,21,24). The van der Waals surface area contributed by atoms with Crippen molar-refractivity contribution in [2.75, 3.05) is 23.4 Å². The van der Waals surface area contributed by atoms with Crippen LogP contribution in [0.3, 0.4) is 0 Å². The Hall–Kier alpha value is -2.24. The number of benzene rings is 2. The molecule has 0 heterocycles. The van der Waals surface area contributed by atoms with Gasteiger partial charge in [-0.05, 0) is 49.4 Å². The van der Waals surface area contributed by atoms with Crippen molar-refractivity contribution in [1.29, 1.82) is 0 Å². The SMILES string of the molecule is CCOc1ccc(N(CC(=O)Nc2cc(Cl)cc(Cl)c2)C(C)=O)cc1. The lowest BCUT2D eigenvalue weighted by Crippen LogP contribution is -2.36. The Morgan fingerprint density at radius 1 is 1.08 bits per heavy atom. The van der Waals surface area contributed by atoms with Gasteiger partial charge >= 0.3 is 0 Å². The Morgan fingerprint density at radius 3 is 2.20 bits per heavy atom. The fraction of sp³-hybridized carbons (Fsp3) is 0.222. The third-order valence-corrected chi connectivity index (χ3v) is 3.72. The van der Waals surface area contributed by atoms with Crippen LogP contribution in [0.15, 0.2) is 42.5 Å². The molecule has 0 bridgehead atoms. The second kappa shape index (κ2) is 8.74. The van der Waals surface area contributed by atoms with Crippen LogP contribution in [0.5, 0.6) is 5.75 Å². The van der Waals surface area contributed by atoms with Crippen LogP contribution in [0.1, 0.15) is 13.8 Å². The van der Waals surface area contributed by atoms with Gasteiger partial charge in [-0.1, -0.05) is 23.2 Å². The Balaban J connectivity index is 2.10. The number of nitrogens with one attached hydrogen (secondary N) is 1. The highest BCUT2D eigenvalue weighted by Crippen LogP contribution is 2.23. The first-order chi connectivity index (χ1) is 11.9. The van der Waals surface area contributed by atoms with Gasteiger partial charge in [0.15, 0.2) is 0 Å². The highest BCUT2D eigenvalue weighted by molar-refractivity contribution is 6.35. The second-order valence-electron chi connectivity index (χ2n) is 5.24. The number of ether oxygens (including phenoxy) is 1. The summed E-state index contributed by atoms with van der Waals surface area (Å²) < 4.78 is 5.38. The summed E-state index contributed by atoms with van der Waals surface area (Å²) in [5.74, 6) is 0.0960. The van der Waals surface area contributed by atoms with Crippen molar-refractivity contribution in [3.63, 3.8) is 0 Å². The number of nitrogens with zero attached hydrogens (tertiary/aromatic N) is 1. The Labute approximate surface area is 156 Å². The number of amides is 2. The summed E-state index contributed by atoms with van der Waals surface area (Å²) in [6.07, 6.45) is 0. The minimum atomic E-state index is -0.359. The zero-order chi connectivity index (χ0) is 18.4. The van der Waals surface area contributed by atoms with Crippen molar-refractivity contribution in [3.8, 4) is 5.75 Å².